The van der Waals surface area contributed by atoms with Crippen LogP contribution in [0.4, 0.5) is 5.69 Å². The van der Waals surface area contributed by atoms with Crippen molar-refractivity contribution in [3.05, 3.63) is 68.6 Å². The predicted molar refractivity (Wildman–Crippen MR) is 91.4 cm³/mol. The first-order valence-electron chi connectivity index (χ1n) is 6.70. The molecule has 0 spiro atoms. The molecule has 7 heteroatoms. The maximum atomic E-state index is 12.5. The summed E-state index contributed by atoms with van der Waals surface area (Å²) < 4.78 is 1.14. The Balaban J connectivity index is 2.06. The van der Waals surface area contributed by atoms with Gasteiger partial charge in [-0.3, -0.25) is 9.59 Å². The lowest BCUT2D eigenvalue weighted by atomic mass is 10.1. The third-order valence-corrected chi connectivity index (χ3v) is 4.09. The predicted octanol–water partition coefficient (Wildman–Crippen LogP) is 3.49. The zero-order valence-electron chi connectivity index (χ0n) is 12.0. The first-order valence-corrected chi connectivity index (χ1v) is 7.45. The number of hydrogen-bond donors (Lipinski definition) is 1. The molecular weight excluding hydrogens is 337 g/mol. The fourth-order valence-electron chi connectivity index (χ4n) is 2.23. The van der Waals surface area contributed by atoms with E-state index in [2.05, 4.69) is 10.4 Å². The van der Waals surface area contributed by atoms with Crippen LogP contribution in [-0.4, -0.2) is 15.7 Å². The van der Waals surface area contributed by atoms with Gasteiger partial charge < -0.3 is 5.32 Å². The van der Waals surface area contributed by atoms with Crippen LogP contribution in [0.3, 0.4) is 0 Å². The summed E-state index contributed by atoms with van der Waals surface area (Å²) in [5.74, 6) is -0.435. The van der Waals surface area contributed by atoms with E-state index in [0.29, 0.717) is 26.5 Å². The lowest BCUT2D eigenvalue weighted by Gasteiger charge is -2.09. The van der Waals surface area contributed by atoms with Gasteiger partial charge in [0.2, 0.25) is 0 Å². The molecule has 116 valence electrons. The molecule has 0 fully saturated rings. The Morgan fingerprint density at radius 2 is 1.78 bits per heavy atom. The SMILES string of the molecule is Cn1nc(C(=O)Nc2ccc(Cl)c(Cl)c2)c2ccccc2c1=O. The summed E-state index contributed by atoms with van der Waals surface area (Å²) in [4.78, 5) is 24.6. The Morgan fingerprint density at radius 3 is 2.48 bits per heavy atom. The highest BCUT2D eigenvalue weighted by molar-refractivity contribution is 6.42. The molecule has 0 unspecified atom stereocenters. The second-order valence-corrected chi connectivity index (χ2v) is 5.72. The number of aryl methyl sites for hydroxylation is 1. The Labute approximate surface area is 141 Å². The van der Waals surface area contributed by atoms with Crippen LogP contribution in [0.2, 0.25) is 10.0 Å². The Kier molecular flexibility index (Phi) is 4.07. The number of carbonyl (C=O) groups is 1. The van der Waals surface area contributed by atoms with Crippen LogP contribution in [0.25, 0.3) is 10.8 Å². The topological polar surface area (TPSA) is 64.0 Å². The molecule has 23 heavy (non-hydrogen) atoms. The van der Waals surface area contributed by atoms with Gasteiger partial charge in [-0.05, 0) is 24.3 Å². The van der Waals surface area contributed by atoms with Gasteiger partial charge in [0.25, 0.3) is 11.5 Å². The van der Waals surface area contributed by atoms with E-state index in [1.54, 1.807) is 42.5 Å². The van der Waals surface area contributed by atoms with Crippen molar-refractivity contribution in [1.29, 1.82) is 0 Å². The molecule has 3 rings (SSSR count). The number of fused-ring (bicyclic) bond motifs is 1. The molecule has 0 saturated heterocycles. The zero-order valence-corrected chi connectivity index (χ0v) is 13.5. The summed E-state index contributed by atoms with van der Waals surface area (Å²) in [6.07, 6.45) is 0. The monoisotopic (exact) mass is 347 g/mol. The average molecular weight is 348 g/mol. The summed E-state index contributed by atoms with van der Waals surface area (Å²) in [5, 5.41) is 8.44. The molecule has 1 N–H and O–H groups in total. The van der Waals surface area contributed by atoms with Crippen LogP contribution < -0.4 is 10.9 Å². The Hall–Kier alpha value is -2.37. The average Bonchev–Trinajstić information content (AvgIpc) is 2.54. The molecule has 0 radical (unpaired) electrons. The maximum absolute atomic E-state index is 12.5. The van der Waals surface area contributed by atoms with Gasteiger partial charge in [0, 0.05) is 18.1 Å². The van der Waals surface area contributed by atoms with Crippen LogP contribution in [0.15, 0.2) is 47.3 Å². The molecule has 3 aromatic rings. The van der Waals surface area contributed by atoms with Crippen molar-refractivity contribution >= 4 is 45.6 Å². The van der Waals surface area contributed by atoms with Crippen LogP contribution in [0.1, 0.15) is 10.5 Å². The smallest absolute Gasteiger partial charge is 0.276 e. The first-order chi connectivity index (χ1) is 11.0. The fraction of sp³-hybridized carbons (Fsp3) is 0.0625. The molecule has 0 atom stereocenters. The minimum absolute atomic E-state index is 0.161. The van der Waals surface area contributed by atoms with Gasteiger partial charge in [0.15, 0.2) is 5.69 Å². The number of rotatable bonds is 2. The van der Waals surface area contributed by atoms with Gasteiger partial charge in [0.05, 0.1) is 15.4 Å². The summed E-state index contributed by atoms with van der Waals surface area (Å²) in [6.45, 7) is 0. The van der Waals surface area contributed by atoms with Crippen molar-refractivity contribution in [3.63, 3.8) is 0 Å². The van der Waals surface area contributed by atoms with Gasteiger partial charge in [-0.1, -0.05) is 41.4 Å². The lowest BCUT2D eigenvalue weighted by molar-refractivity contribution is 0.102. The zero-order chi connectivity index (χ0) is 16.6. The number of aromatic nitrogens is 2. The highest BCUT2D eigenvalue weighted by Gasteiger charge is 2.16. The molecule has 2 aromatic carbocycles. The van der Waals surface area contributed by atoms with Crippen LogP contribution in [-0.2, 0) is 7.05 Å². The van der Waals surface area contributed by atoms with E-state index in [0.717, 1.165) is 4.68 Å². The van der Waals surface area contributed by atoms with Gasteiger partial charge in [-0.2, -0.15) is 5.10 Å². The van der Waals surface area contributed by atoms with E-state index in [1.165, 1.54) is 7.05 Å². The van der Waals surface area contributed by atoms with E-state index < -0.39 is 5.91 Å². The van der Waals surface area contributed by atoms with Crippen molar-refractivity contribution in [2.75, 3.05) is 5.32 Å². The van der Waals surface area contributed by atoms with E-state index in [-0.39, 0.29) is 11.3 Å². The molecule has 0 bridgehead atoms. The van der Waals surface area contributed by atoms with E-state index in [9.17, 15) is 9.59 Å². The summed E-state index contributed by atoms with van der Waals surface area (Å²) >= 11 is 11.8. The number of halogens is 2. The van der Waals surface area contributed by atoms with Crippen LogP contribution in [0, 0.1) is 0 Å². The van der Waals surface area contributed by atoms with E-state index >= 15 is 0 Å². The molecule has 0 aliphatic rings. The van der Waals surface area contributed by atoms with E-state index in [1.807, 2.05) is 0 Å². The molecule has 1 aromatic heterocycles. The van der Waals surface area contributed by atoms with Gasteiger partial charge >= 0.3 is 0 Å². The second-order valence-electron chi connectivity index (χ2n) is 4.91. The van der Waals surface area contributed by atoms with Crippen molar-refractivity contribution in [2.24, 2.45) is 7.05 Å². The van der Waals surface area contributed by atoms with E-state index in [4.69, 9.17) is 23.2 Å². The summed E-state index contributed by atoms with van der Waals surface area (Å²) in [6, 6.07) is 11.6. The lowest BCUT2D eigenvalue weighted by Crippen LogP contribution is -2.25. The number of nitrogens with one attached hydrogen (secondary N) is 1. The number of carbonyl (C=O) groups excluding carboxylic acids is 1. The Morgan fingerprint density at radius 1 is 1.09 bits per heavy atom. The van der Waals surface area contributed by atoms with Gasteiger partial charge in [-0.15, -0.1) is 0 Å². The summed E-state index contributed by atoms with van der Waals surface area (Å²) in [5.41, 5.74) is 0.393. The number of nitrogens with zero attached hydrogens (tertiary/aromatic N) is 2. The molecule has 1 amide bonds. The second kappa shape index (κ2) is 6.02. The van der Waals surface area contributed by atoms with Crippen molar-refractivity contribution in [3.8, 4) is 0 Å². The van der Waals surface area contributed by atoms with Crippen LogP contribution in [0.5, 0.6) is 0 Å². The van der Waals surface area contributed by atoms with Crippen LogP contribution >= 0.6 is 23.2 Å². The highest BCUT2D eigenvalue weighted by atomic mass is 35.5. The largest absolute Gasteiger partial charge is 0.321 e. The Bertz CT molecular complexity index is 983. The standard InChI is InChI=1S/C16H11Cl2N3O2/c1-21-16(23)11-5-3-2-4-10(11)14(20-21)15(22)19-9-6-7-12(17)13(18)8-9/h2-8H,1H3,(H,19,22). The first kappa shape index (κ1) is 15.5. The number of benzene rings is 2. The van der Waals surface area contributed by atoms with Gasteiger partial charge in [0.1, 0.15) is 0 Å². The minimum Gasteiger partial charge on any atom is -0.321 e. The maximum Gasteiger partial charge on any atom is 0.276 e. The number of anilines is 1. The molecule has 5 nitrogen and oxygen atoms in total. The third kappa shape index (κ3) is 2.93. The number of hydrogen-bond acceptors (Lipinski definition) is 3. The highest BCUT2D eigenvalue weighted by Crippen LogP contribution is 2.25. The molecule has 0 aliphatic heterocycles. The molecule has 0 saturated carbocycles. The van der Waals surface area contributed by atoms with Gasteiger partial charge in [-0.25, -0.2) is 4.68 Å². The summed E-state index contributed by atoms with van der Waals surface area (Å²) in [7, 11) is 1.50. The molecule has 0 aliphatic carbocycles. The fourth-order valence-corrected chi connectivity index (χ4v) is 2.53. The van der Waals surface area contributed by atoms with Crippen molar-refractivity contribution in [1.82, 2.24) is 9.78 Å². The van der Waals surface area contributed by atoms with Crippen molar-refractivity contribution < 1.29 is 4.79 Å². The molecule has 1 heterocycles. The quantitative estimate of drug-likeness (QED) is 0.771. The van der Waals surface area contributed by atoms with Crippen molar-refractivity contribution in [2.45, 2.75) is 0 Å². The minimum atomic E-state index is -0.435. The molecular formula is C16H11Cl2N3O2. The third-order valence-electron chi connectivity index (χ3n) is 3.35. The normalized spacial score (nSPS) is 10.7. The number of amides is 1.